The van der Waals surface area contributed by atoms with Crippen LogP contribution in [0.1, 0.15) is 6.42 Å². The van der Waals surface area contributed by atoms with Crippen LogP contribution in [0.4, 0.5) is 5.82 Å². The van der Waals surface area contributed by atoms with Crippen LogP contribution in [0.25, 0.3) is 0 Å². The Balaban J connectivity index is 1.74. The van der Waals surface area contributed by atoms with Crippen molar-refractivity contribution in [3.8, 4) is 0 Å². The summed E-state index contributed by atoms with van der Waals surface area (Å²) < 4.78 is 0. The van der Waals surface area contributed by atoms with E-state index >= 15 is 0 Å². The summed E-state index contributed by atoms with van der Waals surface area (Å²) in [4.78, 5) is 6.85. The molecule has 1 N–H and O–H groups in total. The first kappa shape index (κ1) is 9.16. The third-order valence-corrected chi connectivity index (χ3v) is 3.68. The van der Waals surface area contributed by atoms with Crippen LogP contribution in [0.5, 0.6) is 0 Å². The maximum Gasteiger partial charge on any atom is 0.128 e. The van der Waals surface area contributed by atoms with Crippen molar-refractivity contribution in [2.45, 2.75) is 6.42 Å². The quantitative estimate of drug-likeness (QED) is 0.741. The Kier molecular flexibility index (Phi) is 2.33. The normalized spacial score (nSPS) is 30.3. The largest absolute Gasteiger partial charge is 0.356 e. The van der Waals surface area contributed by atoms with E-state index in [2.05, 4.69) is 27.3 Å². The fourth-order valence-corrected chi connectivity index (χ4v) is 2.78. The molecule has 15 heavy (non-hydrogen) atoms. The minimum absolute atomic E-state index is 0.834. The van der Waals surface area contributed by atoms with Crippen molar-refractivity contribution < 1.29 is 0 Å². The highest BCUT2D eigenvalue weighted by Crippen LogP contribution is 2.28. The summed E-state index contributed by atoms with van der Waals surface area (Å²) in [6.45, 7) is 4.75. The van der Waals surface area contributed by atoms with Crippen LogP contribution in [-0.4, -0.2) is 31.2 Å². The minimum atomic E-state index is 0.834. The predicted molar refractivity (Wildman–Crippen MR) is 60.9 cm³/mol. The number of rotatable bonds is 1. The van der Waals surface area contributed by atoms with Crippen LogP contribution < -0.4 is 10.2 Å². The summed E-state index contributed by atoms with van der Waals surface area (Å²) in [5.41, 5.74) is 0. The highest BCUT2D eigenvalue weighted by atomic mass is 15.2. The zero-order chi connectivity index (χ0) is 10.1. The van der Waals surface area contributed by atoms with E-state index in [0.717, 1.165) is 17.7 Å². The van der Waals surface area contributed by atoms with Gasteiger partial charge in [0.15, 0.2) is 0 Å². The molecule has 0 saturated carbocycles. The molecule has 0 aliphatic carbocycles. The van der Waals surface area contributed by atoms with Gasteiger partial charge in [0.05, 0.1) is 0 Å². The average molecular weight is 203 g/mol. The SMILES string of the molecule is c1ccc(N2CCC3CNCC3C2)nc1. The van der Waals surface area contributed by atoms with Gasteiger partial charge < -0.3 is 10.2 Å². The average Bonchev–Trinajstić information content (AvgIpc) is 2.77. The van der Waals surface area contributed by atoms with Gasteiger partial charge in [-0.05, 0) is 43.5 Å². The lowest BCUT2D eigenvalue weighted by molar-refractivity contribution is 0.347. The number of fused-ring (bicyclic) bond motifs is 1. The Morgan fingerprint density at radius 2 is 2.20 bits per heavy atom. The molecule has 2 unspecified atom stereocenters. The van der Waals surface area contributed by atoms with Gasteiger partial charge in [-0.1, -0.05) is 6.07 Å². The van der Waals surface area contributed by atoms with Gasteiger partial charge in [0.25, 0.3) is 0 Å². The third kappa shape index (κ3) is 1.72. The van der Waals surface area contributed by atoms with Gasteiger partial charge in [-0.2, -0.15) is 0 Å². The number of aromatic nitrogens is 1. The van der Waals surface area contributed by atoms with Gasteiger partial charge in [0, 0.05) is 19.3 Å². The number of nitrogens with one attached hydrogen (secondary N) is 1. The smallest absolute Gasteiger partial charge is 0.128 e. The third-order valence-electron chi connectivity index (χ3n) is 3.68. The predicted octanol–water partition coefficient (Wildman–Crippen LogP) is 1.13. The van der Waals surface area contributed by atoms with E-state index in [0.29, 0.717) is 0 Å². The molecule has 3 heteroatoms. The number of piperidine rings is 1. The zero-order valence-electron chi connectivity index (χ0n) is 8.89. The Morgan fingerprint density at radius 3 is 3.07 bits per heavy atom. The summed E-state index contributed by atoms with van der Waals surface area (Å²) in [6, 6.07) is 6.16. The van der Waals surface area contributed by atoms with Crippen molar-refractivity contribution in [2.24, 2.45) is 11.8 Å². The molecule has 0 spiro atoms. The number of anilines is 1. The molecular weight excluding hydrogens is 186 g/mol. The summed E-state index contributed by atoms with van der Waals surface area (Å²) in [5.74, 6) is 2.88. The maximum atomic E-state index is 4.42. The molecule has 2 saturated heterocycles. The molecule has 3 heterocycles. The molecule has 1 aromatic heterocycles. The molecule has 0 bridgehead atoms. The van der Waals surface area contributed by atoms with Crippen LogP contribution in [0, 0.1) is 11.8 Å². The van der Waals surface area contributed by atoms with E-state index in [1.165, 1.54) is 32.6 Å². The monoisotopic (exact) mass is 203 g/mol. The van der Waals surface area contributed by atoms with Crippen molar-refractivity contribution in [1.82, 2.24) is 10.3 Å². The molecular formula is C12H17N3. The molecule has 2 atom stereocenters. The zero-order valence-corrected chi connectivity index (χ0v) is 8.89. The first-order valence-corrected chi connectivity index (χ1v) is 5.80. The molecule has 0 amide bonds. The van der Waals surface area contributed by atoms with E-state index in [-0.39, 0.29) is 0 Å². The van der Waals surface area contributed by atoms with Crippen molar-refractivity contribution >= 4 is 5.82 Å². The van der Waals surface area contributed by atoms with E-state index in [4.69, 9.17) is 0 Å². The van der Waals surface area contributed by atoms with Crippen LogP contribution in [0.15, 0.2) is 24.4 Å². The van der Waals surface area contributed by atoms with Crippen LogP contribution in [-0.2, 0) is 0 Å². The second-order valence-corrected chi connectivity index (χ2v) is 4.60. The molecule has 3 nitrogen and oxygen atoms in total. The Bertz CT molecular complexity index is 325. The van der Waals surface area contributed by atoms with Gasteiger partial charge >= 0.3 is 0 Å². The second-order valence-electron chi connectivity index (χ2n) is 4.60. The molecule has 2 fully saturated rings. The summed E-state index contributed by atoms with van der Waals surface area (Å²) >= 11 is 0. The van der Waals surface area contributed by atoms with Gasteiger partial charge in [-0.3, -0.25) is 0 Å². The highest BCUT2D eigenvalue weighted by molar-refractivity contribution is 5.38. The first-order valence-electron chi connectivity index (χ1n) is 5.80. The summed E-state index contributed by atoms with van der Waals surface area (Å²) in [6.07, 6.45) is 3.20. The van der Waals surface area contributed by atoms with E-state index in [1.54, 1.807) is 0 Å². The van der Waals surface area contributed by atoms with Crippen LogP contribution in [0.3, 0.4) is 0 Å². The number of hydrogen-bond donors (Lipinski definition) is 1. The second kappa shape index (κ2) is 3.81. The molecule has 2 aliphatic heterocycles. The standard InChI is InChI=1S/C12H17N3/c1-2-5-14-12(3-1)15-6-4-10-7-13-8-11(10)9-15/h1-3,5,10-11,13H,4,6-9H2. The molecule has 0 radical (unpaired) electrons. The number of pyridine rings is 1. The minimum Gasteiger partial charge on any atom is -0.356 e. The lowest BCUT2D eigenvalue weighted by atomic mass is 9.89. The van der Waals surface area contributed by atoms with Crippen molar-refractivity contribution in [2.75, 3.05) is 31.1 Å². The van der Waals surface area contributed by atoms with Crippen molar-refractivity contribution in [1.29, 1.82) is 0 Å². The molecule has 1 aromatic rings. The van der Waals surface area contributed by atoms with E-state index < -0.39 is 0 Å². The van der Waals surface area contributed by atoms with E-state index in [1.807, 2.05) is 12.3 Å². The summed E-state index contributed by atoms with van der Waals surface area (Å²) in [5, 5.41) is 3.49. The van der Waals surface area contributed by atoms with Gasteiger partial charge in [-0.25, -0.2) is 4.98 Å². The fourth-order valence-electron chi connectivity index (χ4n) is 2.78. The van der Waals surface area contributed by atoms with Crippen LogP contribution >= 0.6 is 0 Å². The molecule has 3 rings (SSSR count). The fraction of sp³-hybridized carbons (Fsp3) is 0.583. The molecule has 0 aromatic carbocycles. The molecule has 2 aliphatic rings. The number of nitrogens with zero attached hydrogens (tertiary/aromatic N) is 2. The van der Waals surface area contributed by atoms with Gasteiger partial charge in [-0.15, -0.1) is 0 Å². The number of hydrogen-bond acceptors (Lipinski definition) is 3. The topological polar surface area (TPSA) is 28.2 Å². The Morgan fingerprint density at radius 1 is 1.27 bits per heavy atom. The van der Waals surface area contributed by atoms with Crippen molar-refractivity contribution in [3.05, 3.63) is 24.4 Å². The van der Waals surface area contributed by atoms with Gasteiger partial charge in [0.2, 0.25) is 0 Å². The Labute approximate surface area is 90.5 Å². The first-order chi connectivity index (χ1) is 7.43. The molecule has 80 valence electrons. The maximum absolute atomic E-state index is 4.42. The van der Waals surface area contributed by atoms with Crippen LogP contribution in [0.2, 0.25) is 0 Å². The van der Waals surface area contributed by atoms with Crippen molar-refractivity contribution in [3.63, 3.8) is 0 Å². The lowest BCUT2D eigenvalue weighted by Crippen LogP contribution is -2.40. The van der Waals surface area contributed by atoms with Gasteiger partial charge in [0.1, 0.15) is 5.82 Å². The Hall–Kier alpha value is -1.09. The van der Waals surface area contributed by atoms with E-state index in [9.17, 15) is 0 Å². The summed E-state index contributed by atoms with van der Waals surface area (Å²) in [7, 11) is 0. The lowest BCUT2D eigenvalue weighted by Gasteiger charge is -2.35. The highest BCUT2D eigenvalue weighted by Gasteiger charge is 2.32.